The molecule has 2 heterocycles. The molecule has 0 spiro atoms. The molecule has 0 bridgehead atoms. The van der Waals surface area contributed by atoms with Crippen LogP contribution in [0.25, 0.3) is 0 Å². The topological polar surface area (TPSA) is 81.4 Å². The van der Waals surface area contributed by atoms with E-state index in [9.17, 15) is 8.42 Å². The SMILES string of the molecule is Cc1ccc(COc2cc(C)c(C)cc2NS(=O)(=O)c2ccc(C)o2)nc1. The highest BCUT2D eigenvalue weighted by atomic mass is 32.2. The average molecular weight is 386 g/mol. The zero-order valence-corrected chi connectivity index (χ0v) is 16.6. The van der Waals surface area contributed by atoms with E-state index in [1.165, 1.54) is 6.07 Å². The molecule has 0 saturated carbocycles. The molecule has 6 nitrogen and oxygen atoms in total. The largest absolute Gasteiger partial charge is 0.485 e. The lowest BCUT2D eigenvalue weighted by molar-refractivity contribution is 0.302. The number of nitrogens with zero attached hydrogens (tertiary/aromatic N) is 1. The molecule has 0 aliphatic carbocycles. The van der Waals surface area contributed by atoms with E-state index < -0.39 is 10.0 Å². The van der Waals surface area contributed by atoms with Gasteiger partial charge in [0.25, 0.3) is 10.0 Å². The number of furan rings is 1. The molecule has 0 aliphatic rings. The van der Waals surface area contributed by atoms with Gasteiger partial charge in [-0.3, -0.25) is 9.71 Å². The van der Waals surface area contributed by atoms with Gasteiger partial charge in [0.15, 0.2) is 0 Å². The number of sulfonamides is 1. The number of pyridine rings is 1. The van der Waals surface area contributed by atoms with Gasteiger partial charge in [-0.25, -0.2) is 0 Å². The quantitative estimate of drug-likeness (QED) is 0.683. The van der Waals surface area contributed by atoms with Gasteiger partial charge in [0.05, 0.1) is 11.4 Å². The van der Waals surface area contributed by atoms with Crippen LogP contribution in [-0.2, 0) is 16.6 Å². The van der Waals surface area contributed by atoms with Crippen LogP contribution in [0.2, 0.25) is 0 Å². The van der Waals surface area contributed by atoms with Gasteiger partial charge >= 0.3 is 0 Å². The van der Waals surface area contributed by atoms with Gasteiger partial charge in [0.2, 0.25) is 5.09 Å². The molecule has 0 saturated heterocycles. The first-order valence-corrected chi connectivity index (χ1v) is 9.98. The third kappa shape index (κ3) is 4.49. The number of nitrogens with one attached hydrogen (secondary N) is 1. The van der Waals surface area contributed by atoms with Crippen LogP contribution in [0.15, 0.2) is 52.1 Å². The lowest BCUT2D eigenvalue weighted by Gasteiger charge is -2.15. The lowest BCUT2D eigenvalue weighted by Crippen LogP contribution is -2.13. The number of rotatable bonds is 6. The smallest absolute Gasteiger partial charge is 0.295 e. The Hall–Kier alpha value is -2.80. The Morgan fingerprint density at radius 2 is 1.78 bits per heavy atom. The predicted octanol–water partition coefficient (Wildman–Crippen LogP) is 4.29. The van der Waals surface area contributed by atoms with Gasteiger partial charge in [-0.15, -0.1) is 0 Å². The van der Waals surface area contributed by atoms with Crippen molar-refractivity contribution in [3.05, 3.63) is 70.7 Å². The fourth-order valence-electron chi connectivity index (χ4n) is 2.48. The van der Waals surface area contributed by atoms with Crippen LogP contribution >= 0.6 is 0 Å². The Morgan fingerprint density at radius 3 is 2.41 bits per heavy atom. The second-order valence-corrected chi connectivity index (χ2v) is 8.13. The summed E-state index contributed by atoms with van der Waals surface area (Å²) in [6.07, 6.45) is 1.77. The van der Waals surface area contributed by atoms with Crippen LogP contribution < -0.4 is 9.46 Å². The molecule has 27 heavy (non-hydrogen) atoms. The second kappa shape index (κ2) is 7.44. The maximum absolute atomic E-state index is 12.6. The molecule has 0 unspecified atom stereocenters. The summed E-state index contributed by atoms with van der Waals surface area (Å²) in [6, 6.07) is 10.4. The van der Waals surface area contributed by atoms with Crippen molar-refractivity contribution in [3.8, 4) is 5.75 Å². The van der Waals surface area contributed by atoms with E-state index >= 15 is 0 Å². The Balaban J connectivity index is 1.87. The van der Waals surface area contributed by atoms with Gasteiger partial charge in [0.1, 0.15) is 18.1 Å². The number of aryl methyl sites for hydroxylation is 4. The maximum atomic E-state index is 12.6. The van der Waals surface area contributed by atoms with Crippen LogP contribution in [-0.4, -0.2) is 13.4 Å². The van der Waals surface area contributed by atoms with E-state index in [1.54, 1.807) is 25.3 Å². The number of anilines is 1. The minimum absolute atomic E-state index is 0.135. The van der Waals surface area contributed by atoms with Gasteiger partial charge in [-0.2, -0.15) is 8.42 Å². The lowest BCUT2D eigenvalue weighted by atomic mass is 10.1. The monoisotopic (exact) mass is 386 g/mol. The summed E-state index contributed by atoms with van der Waals surface area (Å²) in [5.41, 5.74) is 4.13. The van der Waals surface area contributed by atoms with Gasteiger partial charge < -0.3 is 9.15 Å². The molecule has 0 aliphatic heterocycles. The van der Waals surface area contributed by atoms with Crippen LogP contribution in [0.3, 0.4) is 0 Å². The summed E-state index contributed by atoms with van der Waals surface area (Å²) >= 11 is 0. The minimum atomic E-state index is -3.85. The van der Waals surface area contributed by atoms with Gasteiger partial charge in [-0.05, 0) is 74.7 Å². The highest BCUT2D eigenvalue weighted by Crippen LogP contribution is 2.31. The van der Waals surface area contributed by atoms with Crippen molar-refractivity contribution in [1.82, 2.24) is 4.98 Å². The van der Waals surface area contributed by atoms with E-state index in [1.807, 2.05) is 39.0 Å². The number of aromatic nitrogens is 1. The molecular formula is C20H22N2O4S. The Bertz CT molecular complexity index is 1050. The number of hydrogen-bond acceptors (Lipinski definition) is 5. The molecule has 2 aromatic heterocycles. The van der Waals surface area contributed by atoms with Crippen molar-refractivity contribution < 1.29 is 17.6 Å². The van der Waals surface area contributed by atoms with Crippen molar-refractivity contribution in [1.29, 1.82) is 0 Å². The third-order valence-electron chi connectivity index (χ3n) is 4.17. The number of benzene rings is 1. The van der Waals surface area contributed by atoms with Gasteiger partial charge in [-0.1, -0.05) is 6.07 Å². The zero-order valence-electron chi connectivity index (χ0n) is 15.7. The molecule has 7 heteroatoms. The van der Waals surface area contributed by atoms with Crippen molar-refractivity contribution in [2.24, 2.45) is 0 Å². The highest BCUT2D eigenvalue weighted by molar-refractivity contribution is 7.92. The Kier molecular flexibility index (Phi) is 5.23. The third-order valence-corrected chi connectivity index (χ3v) is 5.41. The molecular weight excluding hydrogens is 364 g/mol. The summed E-state index contributed by atoms with van der Waals surface area (Å²) in [6.45, 7) is 7.75. The van der Waals surface area contributed by atoms with E-state index in [0.29, 0.717) is 17.2 Å². The van der Waals surface area contributed by atoms with Crippen molar-refractivity contribution in [3.63, 3.8) is 0 Å². The van der Waals surface area contributed by atoms with E-state index in [2.05, 4.69) is 9.71 Å². The molecule has 0 radical (unpaired) electrons. The molecule has 0 atom stereocenters. The summed E-state index contributed by atoms with van der Waals surface area (Å²) in [4.78, 5) is 4.31. The number of hydrogen-bond donors (Lipinski definition) is 1. The molecule has 0 amide bonds. The van der Waals surface area contributed by atoms with Crippen molar-refractivity contribution >= 4 is 15.7 Å². The second-order valence-electron chi connectivity index (χ2n) is 6.52. The molecule has 1 aromatic carbocycles. The fraction of sp³-hybridized carbons (Fsp3) is 0.250. The molecule has 1 N–H and O–H groups in total. The molecule has 3 rings (SSSR count). The molecule has 142 valence electrons. The average Bonchev–Trinajstić information content (AvgIpc) is 3.05. The van der Waals surface area contributed by atoms with E-state index in [4.69, 9.17) is 9.15 Å². The summed E-state index contributed by atoms with van der Waals surface area (Å²) in [7, 11) is -3.85. The summed E-state index contributed by atoms with van der Waals surface area (Å²) < 4.78 is 38.9. The summed E-state index contributed by atoms with van der Waals surface area (Å²) in [5, 5.41) is -0.135. The van der Waals surface area contributed by atoms with E-state index in [0.717, 1.165) is 22.4 Å². The van der Waals surface area contributed by atoms with Crippen LogP contribution in [0.1, 0.15) is 28.1 Å². The van der Waals surface area contributed by atoms with Gasteiger partial charge in [0, 0.05) is 6.20 Å². The number of ether oxygens (including phenoxy) is 1. The molecule has 0 fully saturated rings. The van der Waals surface area contributed by atoms with Crippen LogP contribution in [0, 0.1) is 27.7 Å². The summed E-state index contributed by atoms with van der Waals surface area (Å²) in [5.74, 6) is 0.963. The first-order chi connectivity index (χ1) is 12.7. The predicted molar refractivity (Wildman–Crippen MR) is 103 cm³/mol. The van der Waals surface area contributed by atoms with Crippen LogP contribution in [0.5, 0.6) is 5.75 Å². The maximum Gasteiger partial charge on any atom is 0.295 e. The van der Waals surface area contributed by atoms with Crippen molar-refractivity contribution in [2.45, 2.75) is 39.4 Å². The normalized spacial score (nSPS) is 11.4. The molecule has 3 aromatic rings. The zero-order chi connectivity index (χ0) is 19.6. The first-order valence-electron chi connectivity index (χ1n) is 8.49. The first kappa shape index (κ1) is 19.0. The Morgan fingerprint density at radius 1 is 1.04 bits per heavy atom. The van der Waals surface area contributed by atoms with E-state index in [-0.39, 0.29) is 11.7 Å². The standard InChI is InChI=1S/C20H22N2O4S/c1-13-5-7-17(21-11-13)12-25-19-10-15(3)14(2)9-18(19)22-27(23,24)20-8-6-16(4)26-20/h5-11,22H,12H2,1-4H3. The Labute approximate surface area is 159 Å². The van der Waals surface area contributed by atoms with Crippen molar-refractivity contribution in [2.75, 3.05) is 4.72 Å². The van der Waals surface area contributed by atoms with Crippen LogP contribution in [0.4, 0.5) is 5.69 Å². The fourth-order valence-corrected chi connectivity index (χ4v) is 3.51. The minimum Gasteiger partial charge on any atom is -0.485 e. The highest BCUT2D eigenvalue weighted by Gasteiger charge is 2.21.